The fraction of sp³-hybridized carbons (Fsp3) is 0.316. The van der Waals surface area contributed by atoms with Crippen LogP contribution in [0.15, 0.2) is 43.0 Å². The van der Waals surface area contributed by atoms with Crippen molar-refractivity contribution >= 4 is 17.7 Å². The van der Waals surface area contributed by atoms with E-state index in [1.165, 1.54) is 18.5 Å². The summed E-state index contributed by atoms with van der Waals surface area (Å²) >= 11 is 0. The summed E-state index contributed by atoms with van der Waals surface area (Å²) in [7, 11) is 1.74. The first-order valence-corrected chi connectivity index (χ1v) is 9.04. The van der Waals surface area contributed by atoms with E-state index in [0.29, 0.717) is 29.6 Å². The molecule has 3 aromatic rings. The summed E-state index contributed by atoms with van der Waals surface area (Å²) in [5, 5.41) is 9.90. The first-order valence-electron chi connectivity index (χ1n) is 9.04. The van der Waals surface area contributed by atoms with Gasteiger partial charge in [0.1, 0.15) is 11.6 Å². The molecule has 0 saturated heterocycles. The number of aromatic nitrogens is 5. The highest BCUT2D eigenvalue weighted by Gasteiger charge is 2.41. The molecule has 0 aromatic carbocycles. The molecule has 8 nitrogen and oxygen atoms in total. The third kappa shape index (κ3) is 3.42. The van der Waals surface area contributed by atoms with Crippen molar-refractivity contribution in [2.24, 2.45) is 7.05 Å². The average Bonchev–Trinajstić information content (AvgIpc) is 3.07. The number of hydrogen-bond acceptors (Lipinski definition) is 6. The number of aryl methyl sites for hydroxylation is 1. The van der Waals surface area contributed by atoms with Gasteiger partial charge in [0.25, 0.3) is 5.91 Å². The number of carbonyl (C=O) groups is 1. The minimum atomic E-state index is -0.343. The average molecular weight is 381 g/mol. The van der Waals surface area contributed by atoms with E-state index < -0.39 is 0 Å². The topological polar surface area (TPSA) is 97.6 Å². The summed E-state index contributed by atoms with van der Waals surface area (Å²) in [6.45, 7) is 0.488. The lowest BCUT2D eigenvalue weighted by atomic mass is 9.66. The van der Waals surface area contributed by atoms with Gasteiger partial charge in [0.05, 0.1) is 17.5 Å². The van der Waals surface area contributed by atoms with E-state index in [9.17, 15) is 9.18 Å². The molecule has 3 aromatic heterocycles. The minimum Gasteiger partial charge on any atom is -0.353 e. The maximum Gasteiger partial charge on any atom is 0.259 e. The molecule has 0 atom stereocenters. The minimum absolute atomic E-state index is 0.285. The number of nitrogens with zero attached hydrogens (tertiary/aromatic N) is 5. The molecule has 0 aliphatic heterocycles. The molecule has 1 amide bonds. The Balaban J connectivity index is 1.41. The van der Waals surface area contributed by atoms with Crippen molar-refractivity contribution in [1.29, 1.82) is 0 Å². The number of amides is 1. The molecule has 1 aliphatic rings. The van der Waals surface area contributed by atoms with Gasteiger partial charge < -0.3 is 10.6 Å². The fourth-order valence-corrected chi connectivity index (χ4v) is 3.35. The molecule has 28 heavy (non-hydrogen) atoms. The molecular weight excluding hydrogens is 361 g/mol. The molecular formula is C19H20FN7O. The van der Waals surface area contributed by atoms with E-state index in [0.717, 1.165) is 19.3 Å². The molecule has 4 rings (SSSR count). The van der Waals surface area contributed by atoms with Crippen LogP contribution in [0.5, 0.6) is 0 Å². The van der Waals surface area contributed by atoms with Gasteiger partial charge in [-0.2, -0.15) is 5.10 Å². The van der Waals surface area contributed by atoms with E-state index in [-0.39, 0.29) is 17.1 Å². The summed E-state index contributed by atoms with van der Waals surface area (Å²) < 4.78 is 15.7. The van der Waals surface area contributed by atoms with Crippen LogP contribution in [-0.2, 0) is 12.5 Å². The molecule has 1 aliphatic carbocycles. The molecule has 0 unspecified atom stereocenters. The molecule has 1 fully saturated rings. The van der Waals surface area contributed by atoms with E-state index in [2.05, 4.69) is 30.7 Å². The highest BCUT2D eigenvalue weighted by Crippen LogP contribution is 2.43. The zero-order valence-corrected chi connectivity index (χ0v) is 15.4. The van der Waals surface area contributed by atoms with Gasteiger partial charge in [-0.3, -0.25) is 14.5 Å². The normalized spacial score (nSPS) is 14.9. The standard InChI is InChI=1S/C19H20FN7O/c1-27-15(5-9-25-27)26-17(28)13-10-22-18(23-11-13)24-12-19(6-3-7-19)16-14(20)4-2-8-21-16/h2,4-5,8-11H,3,6-7,12H2,1H3,(H,26,28)(H,22,23,24). The SMILES string of the molecule is Cn1nccc1NC(=O)c1cnc(NCC2(c3ncccc3F)CCC2)nc1. The Morgan fingerprint density at radius 1 is 1.21 bits per heavy atom. The predicted octanol–water partition coefficient (Wildman–Crippen LogP) is 2.53. The summed E-state index contributed by atoms with van der Waals surface area (Å²) in [6, 6.07) is 4.73. The van der Waals surface area contributed by atoms with Gasteiger partial charge in [-0.15, -0.1) is 0 Å². The number of carbonyl (C=O) groups excluding carboxylic acids is 1. The third-order valence-electron chi connectivity index (χ3n) is 5.13. The Bertz CT molecular complexity index is 982. The lowest BCUT2D eigenvalue weighted by Gasteiger charge is -2.41. The number of pyridine rings is 1. The summed E-state index contributed by atoms with van der Waals surface area (Å²) in [5.74, 6) is 0.365. The zero-order valence-electron chi connectivity index (χ0n) is 15.4. The van der Waals surface area contributed by atoms with Gasteiger partial charge in [-0.1, -0.05) is 6.42 Å². The number of anilines is 2. The predicted molar refractivity (Wildman–Crippen MR) is 101 cm³/mol. The lowest BCUT2D eigenvalue weighted by molar-refractivity contribution is 0.102. The van der Waals surface area contributed by atoms with Gasteiger partial charge in [-0.05, 0) is 25.0 Å². The van der Waals surface area contributed by atoms with Crippen LogP contribution in [0.3, 0.4) is 0 Å². The van der Waals surface area contributed by atoms with Gasteiger partial charge in [0.2, 0.25) is 5.95 Å². The quantitative estimate of drug-likeness (QED) is 0.681. The smallest absolute Gasteiger partial charge is 0.259 e. The Morgan fingerprint density at radius 3 is 2.61 bits per heavy atom. The van der Waals surface area contributed by atoms with E-state index in [1.807, 2.05) is 0 Å². The van der Waals surface area contributed by atoms with Crippen molar-refractivity contribution in [3.63, 3.8) is 0 Å². The maximum absolute atomic E-state index is 14.2. The van der Waals surface area contributed by atoms with Crippen LogP contribution < -0.4 is 10.6 Å². The molecule has 9 heteroatoms. The Kier molecular flexibility index (Phi) is 4.72. The fourth-order valence-electron chi connectivity index (χ4n) is 3.35. The van der Waals surface area contributed by atoms with Crippen molar-refractivity contribution in [2.75, 3.05) is 17.2 Å². The van der Waals surface area contributed by atoms with Gasteiger partial charge >= 0.3 is 0 Å². The lowest BCUT2D eigenvalue weighted by Crippen LogP contribution is -2.42. The number of hydrogen-bond donors (Lipinski definition) is 2. The summed E-state index contributed by atoms with van der Waals surface area (Å²) in [6.07, 6.45) is 8.88. The number of nitrogens with one attached hydrogen (secondary N) is 2. The summed E-state index contributed by atoms with van der Waals surface area (Å²) in [5.41, 5.74) is 0.478. The monoisotopic (exact) mass is 381 g/mol. The molecule has 0 bridgehead atoms. The highest BCUT2D eigenvalue weighted by molar-refractivity contribution is 6.03. The van der Waals surface area contributed by atoms with Crippen molar-refractivity contribution < 1.29 is 9.18 Å². The second-order valence-corrected chi connectivity index (χ2v) is 6.91. The zero-order chi connectivity index (χ0) is 19.6. The highest BCUT2D eigenvalue weighted by atomic mass is 19.1. The second-order valence-electron chi connectivity index (χ2n) is 6.91. The van der Waals surface area contributed by atoms with Crippen LogP contribution >= 0.6 is 0 Å². The Morgan fingerprint density at radius 2 is 2.00 bits per heavy atom. The first-order chi connectivity index (χ1) is 13.6. The van der Waals surface area contributed by atoms with Crippen LogP contribution in [0.25, 0.3) is 0 Å². The van der Waals surface area contributed by atoms with Crippen LogP contribution in [0.4, 0.5) is 16.2 Å². The van der Waals surface area contributed by atoms with Crippen LogP contribution in [0, 0.1) is 5.82 Å². The van der Waals surface area contributed by atoms with E-state index in [4.69, 9.17) is 0 Å². The molecule has 0 spiro atoms. The number of rotatable bonds is 6. The van der Waals surface area contributed by atoms with E-state index in [1.54, 1.807) is 36.3 Å². The van der Waals surface area contributed by atoms with Crippen LogP contribution in [0.2, 0.25) is 0 Å². The van der Waals surface area contributed by atoms with Gasteiger partial charge in [-0.25, -0.2) is 14.4 Å². The van der Waals surface area contributed by atoms with E-state index >= 15 is 0 Å². The maximum atomic E-state index is 14.2. The first kappa shape index (κ1) is 18.0. The van der Waals surface area contributed by atoms with Crippen molar-refractivity contribution in [2.45, 2.75) is 24.7 Å². The van der Waals surface area contributed by atoms with Crippen LogP contribution in [-0.4, -0.2) is 37.2 Å². The second kappa shape index (κ2) is 7.34. The largest absolute Gasteiger partial charge is 0.353 e. The Hall–Kier alpha value is -3.36. The van der Waals surface area contributed by atoms with Crippen LogP contribution in [0.1, 0.15) is 35.3 Å². The van der Waals surface area contributed by atoms with Crippen molar-refractivity contribution in [3.05, 3.63) is 60.1 Å². The van der Waals surface area contributed by atoms with Gasteiger partial charge in [0, 0.05) is 43.7 Å². The summed E-state index contributed by atoms with van der Waals surface area (Å²) in [4.78, 5) is 24.9. The molecule has 144 valence electrons. The molecule has 3 heterocycles. The van der Waals surface area contributed by atoms with Gasteiger partial charge in [0.15, 0.2) is 0 Å². The molecule has 1 saturated carbocycles. The third-order valence-corrected chi connectivity index (χ3v) is 5.13. The Labute approximate surface area is 161 Å². The van der Waals surface area contributed by atoms with Crippen molar-refractivity contribution in [1.82, 2.24) is 24.7 Å². The molecule has 2 N–H and O–H groups in total. The van der Waals surface area contributed by atoms with Crippen molar-refractivity contribution in [3.8, 4) is 0 Å². The molecule has 0 radical (unpaired) electrons. The number of halogens is 1.